The first-order valence-electron chi connectivity index (χ1n) is 16.8. The van der Waals surface area contributed by atoms with Crippen LogP contribution in [0.3, 0.4) is 0 Å². The van der Waals surface area contributed by atoms with E-state index in [4.69, 9.17) is 4.42 Å². The summed E-state index contributed by atoms with van der Waals surface area (Å²) in [4.78, 5) is 25.7. The van der Waals surface area contributed by atoms with Gasteiger partial charge in [-0.25, -0.2) is 14.4 Å². The molecule has 6 nitrogen and oxygen atoms in total. The normalized spacial score (nSPS) is 12.3. The quantitative estimate of drug-likeness (QED) is 0.0711. The zero-order chi connectivity index (χ0) is 35.0. The number of carbonyl (C=O) groups is 1. The van der Waals surface area contributed by atoms with E-state index in [2.05, 4.69) is 21.0 Å². The van der Waals surface area contributed by atoms with Crippen LogP contribution in [0, 0.1) is 43.5 Å². The van der Waals surface area contributed by atoms with Gasteiger partial charge in [-0.2, -0.15) is 0 Å². The van der Waals surface area contributed by atoms with Gasteiger partial charge in [0.1, 0.15) is 17.9 Å². The molecule has 0 aliphatic carbocycles. The summed E-state index contributed by atoms with van der Waals surface area (Å²) < 4.78 is 20.9. The summed E-state index contributed by atoms with van der Waals surface area (Å²) in [6.45, 7) is 17.7. The Morgan fingerprint density at radius 2 is 1.59 bits per heavy atom. The van der Waals surface area contributed by atoms with Gasteiger partial charge in [0.25, 0.3) is 0 Å². The Morgan fingerprint density at radius 3 is 2.24 bits per heavy atom. The topological polar surface area (TPSA) is 89.1 Å². The maximum Gasteiger partial charge on any atom is 0.216 e. The molecule has 6 aromatic rings. The van der Waals surface area contributed by atoms with Gasteiger partial charge in [-0.1, -0.05) is 71.5 Å². The summed E-state index contributed by atoms with van der Waals surface area (Å²) in [5.41, 5.74) is 5.12. The minimum atomic E-state index is -0.337. The maximum absolute atomic E-state index is 14.7. The smallest absolute Gasteiger partial charge is 0.216 e. The van der Waals surface area contributed by atoms with Gasteiger partial charge < -0.3 is 9.52 Å². The number of rotatable bonds is 8. The fourth-order valence-corrected chi connectivity index (χ4v) is 6.24. The molecule has 3 heterocycles. The van der Waals surface area contributed by atoms with Gasteiger partial charge in [-0.05, 0) is 79.6 Å². The molecule has 6 rings (SSSR count). The van der Waals surface area contributed by atoms with E-state index in [-0.39, 0.29) is 48.3 Å². The van der Waals surface area contributed by atoms with Crippen LogP contribution in [-0.2, 0) is 24.9 Å². The first-order chi connectivity index (χ1) is 22.8. The number of ketones is 1. The van der Waals surface area contributed by atoms with Crippen molar-refractivity contribution < 1.29 is 38.8 Å². The molecule has 0 unspecified atom stereocenters. The number of furan rings is 1. The van der Waals surface area contributed by atoms with Crippen LogP contribution in [0.1, 0.15) is 83.9 Å². The number of aliphatic hydroxyl groups excluding tert-OH is 1. The molecule has 8 heteroatoms. The van der Waals surface area contributed by atoms with Gasteiger partial charge in [0.05, 0.1) is 11.1 Å². The number of aromatic nitrogens is 3. The number of hydrogen-bond acceptors (Lipinski definition) is 6. The van der Waals surface area contributed by atoms with Gasteiger partial charge in [0, 0.05) is 59.7 Å². The van der Waals surface area contributed by atoms with Crippen molar-refractivity contribution in [1.82, 2.24) is 15.0 Å². The molecule has 0 aliphatic rings. The Hall–Kier alpha value is -4.00. The van der Waals surface area contributed by atoms with Crippen LogP contribution in [0.2, 0.25) is 0 Å². The van der Waals surface area contributed by atoms with Gasteiger partial charge in [0.15, 0.2) is 5.78 Å². The Morgan fingerprint density at radius 1 is 0.918 bits per heavy atom. The standard InChI is InChI=1S/C26H17FN3O.C15H28O2.Ir/c1-13-6-8-19(25-20(13)17-5-4-10-28-26(17)31-25)23-18-9-7-16-11-14(2)22(27)15(3)21(16)24(18)30-12-29-23;1-7-14(5,8-2)12(16)11-13(17)15(6,9-3)10-4;/h4-7,9-12H,1-3H3;11,16H,7-10H2,1-6H3;/q-1;;/b;12-11-;. The third-order valence-corrected chi connectivity index (χ3v) is 10.6. The van der Waals surface area contributed by atoms with Crippen LogP contribution >= 0.6 is 0 Å². The number of aliphatic hydroxyl groups is 1. The van der Waals surface area contributed by atoms with E-state index in [0.717, 1.165) is 69.3 Å². The van der Waals surface area contributed by atoms with E-state index in [0.29, 0.717) is 28.1 Å². The minimum Gasteiger partial charge on any atom is -0.512 e. The molecular weight excluding hydrogens is 794 g/mol. The van der Waals surface area contributed by atoms with Crippen LogP contribution < -0.4 is 0 Å². The zero-order valence-corrected chi connectivity index (χ0v) is 32.2. The monoisotopic (exact) mass is 839 g/mol. The summed E-state index contributed by atoms with van der Waals surface area (Å²) in [5.74, 6) is 0.0848. The van der Waals surface area contributed by atoms with E-state index < -0.39 is 0 Å². The number of carbonyl (C=O) groups excluding carboxylic acids is 1. The van der Waals surface area contributed by atoms with Crippen molar-refractivity contribution in [2.24, 2.45) is 10.8 Å². The number of halogens is 1. The zero-order valence-electron chi connectivity index (χ0n) is 29.8. The number of fused-ring (bicyclic) bond motifs is 6. The van der Waals surface area contributed by atoms with Gasteiger partial charge in [-0.3, -0.25) is 9.78 Å². The predicted molar refractivity (Wildman–Crippen MR) is 194 cm³/mol. The molecule has 0 bridgehead atoms. The summed E-state index contributed by atoms with van der Waals surface area (Å²) in [7, 11) is 0. The molecule has 0 aliphatic heterocycles. The average molecular weight is 839 g/mol. The van der Waals surface area contributed by atoms with E-state index in [1.54, 1.807) is 20.0 Å². The molecule has 259 valence electrons. The Balaban J connectivity index is 0.000000260. The Bertz CT molecular complexity index is 2200. The number of pyridine rings is 1. The molecular formula is C41H45FIrN3O3-. The number of benzene rings is 3. The molecule has 3 aromatic carbocycles. The van der Waals surface area contributed by atoms with Crippen LogP contribution in [0.4, 0.5) is 4.39 Å². The molecule has 0 fully saturated rings. The van der Waals surface area contributed by atoms with Crippen molar-refractivity contribution in [2.75, 3.05) is 0 Å². The minimum absolute atomic E-state index is 0. The molecule has 0 saturated carbocycles. The summed E-state index contributed by atoms with van der Waals surface area (Å²) in [5, 5.41) is 14.7. The van der Waals surface area contributed by atoms with Crippen molar-refractivity contribution in [1.29, 1.82) is 0 Å². The molecule has 0 amide bonds. The van der Waals surface area contributed by atoms with Crippen LogP contribution in [-0.4, -0.2) is 25.8 Å². The number of aryl methyl sites for hydroxylation is 3. The van der Waals surface area contributed by atoms with Crippen molar-refractivity contribution in [3.05, 3.63) is 89.3 Å². The Labute approximate surface area is 301 Å². The number of hydrogen-bond donors (Lipinski definition) is 1. The number of nitrogens with zero attached hydrogens (tertiary/aromatic N) is 3. The molecule has 1 N–H and O–H groups in total. The predicted octanol–water partition coefficient (Wildman–Crippen LogP) is 11.3. The first kappa shape index (κ1) is 37.8. The molecule has 1 radical (unpaired) electrons. The van der Waals surface area contributed by atoms with Crippen molar-refractivity contribution in [2.45, 2.75) is 88.0 Å². The average Bonchev–Trinajstić information content (AvgIpc) is 3.50. The van der Waals surface area contributed by atoms with Gasteiger partial charge >= 0.3 is 0 Å². The van der Waals surface area contributed by atoms with Crippen LogP contribution in [0.25, 0.3) is 55.0 Å². The van der Waals surface area contributed by atoms with Crippen molar-refractivity contribution in [3.63, 3.8) is 0 Å². The van der Waals surface area contributed by atoms with Gasteiger partial charge in [0.2, 0.25) is 5.71 Å². The van der Waals surface area contributed by atoms with E-state index in [1.165, 1.54) is 12.4 Å². The van der Waals surface area contributed by atoms with E-state index in [9.17, 15) is 14.3 Å². The molecule has 3 aromatic heterocycles. The van der Waals surface area contributed by atoms with Crippen LogP contribution in [0.5, 0.6) is 0 Å². The Kier molecular flexibility index (Phi) is 11.5. The first-order valence-corrected chi connectivity index (χ1v) is 16.8. The second-order valence-electron chi connectivity index (χ2n) is 13.4. The maximum atomic E-state index is 14.7. The van der Waals surface area contributed by atoms with E-state index >= 15 is 0 Å². The third kappa shape index (κ3) is 6.78. The fourth-order valence-electron chi connectivity index (χ4n) is 6.24. The fraction of sp³-hybridized carbons (Fsp3) is 0.366. The molecule has 0 saturated heterocycles. The largest absolute Gasteiger partial charge is 0.512 e. The summed E-state index contributed by atoms with van der Waals surface area (Å²) in [6, 6.07) is 15.0. The number of allylic oxidation sites excluding steroid dienone is 2. The molecule has 49 heavy (non-hydrogen) atoms. The van der Waals surface area contributed by atoms with Crippen molar-refractivity contribution >= 4 is 49.5 Å². The molecule has 0 spiro atoms. The summed E-state index contributed by atoms with van der Waals surface area (Å²) >= 11 is 0. The molecule has 0 atom stereocenters. The second-order valence-corrected chi connectivity index (χ2v) is 13.4. The van der Waals surface area contributed by atoms with Crippen LogP contribution in [0.15, 0.2) is 65.2 Å². The summed E-state index contributed by atoms with van der Waals surface area (Å²) in [6.07, 6.45) is 7.99. The third-order valence-electron chi connectivity index (χ3n) is 10.6. The second kappa shape index (κ2) is 14.9. The SMILES string of the molecule is CCC(C)(CC)C(=O)/C=C(\O)C(C)(CC)CC.Cc1cc2ccc3c(-c4[c-]cc(C)c5c4oc4ncccc45)ncnc3c2c(C)c1F.[Ir]. The van der Waals surface area contributed by atoms with E-state index in [1.807, 2.05) is 84.9 Å². The van der Waals surface area contributed by atoms with Gasteiger partial charge in [-0.15, -0.1) is 17.7 Å². The van der Waals surface area contributed by atoms with Crippen molar-refractivity contribution in [3.8, 4) is 11.3 Å².